The lowest BCUT2D eigenvalue weighted by molar-refractivity contribution is -0.140. The van der Waals surface area contributed by atoms with Crippen LogP contribution in [0.4, 0.5) is 4.79 Å². The summed E-state index contributed by atoms with van der Waals surface area (Å²) in [5.41, 5.74) is -0.630. The summed E-state index contributed by atoms with van der Waals surface area (Å²) in [6, 6.07) is -0.295. The Labute approximate surface area is 108 Å². The van der Waals surface area contributed by atoms with Gasteiger partial charge in [0, 0.05) is 6.04 Å². The third kappa shape index (κ3) is 3.70. The van der Waals surface area contributed by atoms with Gasteiger partial charge in [-0.2, -0.15) is 0 Å². The van der Waals surface area contributed by atoms with Gasteiger partial charge in [-0.25, -0.2) is 9.69 Å². The second-order valence-electron chi connectivity index (χ2n) is 6.15. The number of hydrogen-bond donors (Lipinski definition) is 1. The Morgan fingerprint density at radius 1 is 1.44 bits per heavy atom. The molecule has 0 bridgehead atoms. The molecule has 0 aliphatic carbocycles. The summed E-state index contributed by atoms with van der Waals surface area (Å²) in [5, 5.41) is 9.63. The Morgan fingerprint density at radius 2 is 2.00 bits per heavy atom. The van der Waals surface area contributed by atoms with E-state index in [1.807, 2.05) is 13.8 Å². The van der Waals surface area contributed by atoms with Crippen LogP contribution in [0, 0.1) is 5.92 Å². The van der Waals surface area contributed by atoms with Gasteiger partial charge in [-0.05, 0) is 33.1 Å². The number of likely N-dealkylation sites (tertiary alicyclic amines) is 1. The lowest BCUT2D eigenvalue weighted by Crippen LogP contribution is -2.54. The number of rotatable bonds is 1. The first-order valence-corrected chi connectivity index (χ1v) is 6.35. The topological polar surface area (TPSA) is 66.8 Å². The van der Waals surface area contributed by atoms with Crippen LogP contribution >= 0.6 is 0 Å². The maximum Gasteiger partial charge on any atom is 0.417 e. The molecule has 2 atom stereocenters. The summed E-state index contributed by atoms with van der Waals surface area (Å²) in [6.45, 7) is 9.14. The minimum absolute atomic E-state index is 0.0114. The van der Waals surface area contributed by atoms with Crippen LogP contribution in [-0.4, -0.2) is 39.8 Å². The number of amides is 2. The number of nitrogens with zero attached hydrogens (tertiary/aromatic N) is 1. The molecule has 0 aromatic heterocycles. The number of aliphatic hydroxyl groups is 1. The second kappa shape index (κ2) is 5.26. The van der Waals surface area contributed by atoms with Gasteiger partial charge in [0.1, 0.15) is 5.60 Å². The quantitative estimate of drug-likeness (QED) is 0.779. The van der Waals surface area contributed by atoms with Crippen molar-refractivity contribution in [3.63, 3.8) is 0 Å². The molecular weight excluding hydrogens is 234 g/mol. The zero-order chi connectivity index (χ0) is 14.1. The van der Waals surface area contributed by atoms with Crippen molar-refractivity contribution in [2.45, 2.75) is 65.2 Å². The standard InChI is InChI=1S/C13H23NO4/c1-8(2)10-6-9(15)7-11(16)14(10)12(17)18-13(3,4)5/h8-10,15H,6-7H2,1-5H3/t9-,10-/m1/s1. The van der Waals surface area contributed by atoms with Crippen molar-refractivity contribution in [1.82, 2.24) is 4.90 Å². The molecule has 5 nitrogen and oxygen atoms in total. The molecule has 1 saturated heterocycles. The molecule has 0 aromatic carbocycles. The number of piperidine rings is 1. The van der Waals surface area contributed by atoms with Gasteiger partial charge in [0.2, 0.25) is 5.91 Å². The predicted octanol–water partition coefficient (Wildman–Crippen LogP) is 1.93. The van der Waals surface area contributed by atoms with E-state index in [0.29, 0.717) is 6.42 Å². The van der Waals surface area contributed by atoms with Crippen LogP contribution in [0.1, 0.15) is 47.5 Å². The molecule has 18 heavy (non-hydrogen) atoms. The molecule has 0 saturated carbocycles. The minimum atomic E-state index is -0.663. The van der Waals surface area contributed by atoms with Gasteiger partial charge in [0.15, 0.2) is 0 Å². The van der Waals surface area contributed by atoms with Gasteiger partial charge in [-0.1, -0.05) is 13.8 Å². The SMILES string of the molecule is CC(C)[C@H]1C[C@@H](O)CC(=O)N1C(=O)OC(C)(C)C. The van der Waals surface area contributed by atoms with Crippen molar-refractivity contribution in [1.29, 1.82) is 0 Å². The Bertz CT molecular complexity index is 332. The van der Waals surface area contributed by atoms with E-state index in [9.17, 15) is 14.7 Å². The van der Waals surface area contributed by atoms with E-state index in [1.165, 1.54) is 4.90 Å². The summed E-state index contributed by atoms with van der Waals surface area (Å²) in [4.78, 5) is 25.1. The van der Waals surface area contributed by atoms with E-state index < -0.39 is 17.8 Å². The van der Waals surface area contributed by atoms with Crippen LogP contribution in [-0.2, 0) is 9.53 Å². The van der Waals surface area contributed by atoms with Crippen LogP contribution in [0.5, 0.6) is 0 Å². The van der Waals surface area contributed by atoms with Crippen molar-refractivity contribution in [2.24, 2.45) is 5.92 Å². The summed E-state index contributed by atoms with van der Waals surface area (Å²) in [7, 11) is 0. The summed E-state index contributed by atoms with van der Waals surface area (Å²) >= 11 is 0. The Balaban J connectivity index is 2.88. The van der Waals surface area contributed by atoms with Crippen molar-refractivity contribution in [2.75, 3.05) is 0 Å². The molecule has 2 amide bonds. The van der Waals surface area contributed by atoms with E-state index in [2.05, 4.69) is 0 Å². The van der Waals surface area contributed by atoms with Crippen LogP contribution < -0.4 is 0 Å². The van der Waals surface area contributed by atoms with Crippen molar-refractivity contribution < 1.29 is 19.4 Å². The lowest BCUT2D eigenvalue weighted by atomic mass is 9.91. The highest BCUT2D eigenvalue weighted by Crippen LogP contribution is 2.26. The average molecular weight is 257 g/mol. The van der Waals surface area contributed by atoms with Gasteiger partial charge in [-0.3, -0.25) is 4.79 Å². The highest BCUT2D eigenvalue weighted by molar-refractivity contribution is 5.93. The molecule has 1 aliphatic rings. The molecule has 1 N–H and O–H groups in total. The largest absolute Gasteiger partial charge is 0.443 e. The van der Waals surface area contributed by atoms with Gasteiger partial charge in [0.25, 0.3) is 0 Å². The predicted molar refractivity (Wildman–Crippen MR) is 66.9 cm³/mol. The van der Waals surface area contributed by atoms with E-state index in [-0.39, 0.29) is 24.3 Å². The summed E-state index contributed by atoms with van der Waals surface area (Å²) in [6.07, 6.45) is -0.868. The first-order chi connectivity index (χ1) is 8.11. The normalized spacial score (nSPS) is 25.5. The van der Waals surface area contributed by atoms with Gasteiger partial charge in [-0.15, -0.1) is 0 Å². The molecule has 1 fully saturated rings. The fourth-order valence-electron chi connectivity index (χ4n) is 2.07. The zero-order valence-electron chi connectivity index (χ0n) is 11.8. The summed E-state index contributed by atoms with van der Waals surface area (Å²) < 4.78 is 5.25. The number of aliphatic hydroxyl groups excluding tert-OH is 1. The Hall–Kier alpha value is -1.10. The molecule has 104 valence electrons. The van der Waals surface area contributed by atoms with Crippen LogP contribution in [0.3, 0.4) is 0 Å². The molecule has 5 heteroatoms. The van der Waals surface area contributed by atoms with Crippen molar-refractivity contribution >= 4 is 12.0 Å². The highest BCUT2D eigenvalue weighted by Gasteiger charge is 2.40. The van der Waals surface area contributed by atoms with Crippen LogP contribution in [0.2, 0.25) is 0 Å². The third-order valence-electron chi connectivity index (χ3n) is 2.88. The molecule has 1 rings (SSSR count). The Kier molecular flexibility index (Phi) is 4.37. The highest BCUT2D eigenvalue weighted by atomic mass is 16.6. The van der Waals surface area contributed by atoms with Crippen LogP contribution in [0.25, 0.3) is 0 Å². The Morgan fingerprint density at radius 3 is 2.44 bits per heavy atom. The first-order valence-electron chi connectivity index (χ1n) is 6.35. The number of hydrogen-bond acceptors (Lipinski definition) is 4. The fraction of sp³-hybridized carbons (Fsp3) is 0.846. The zero-order valence-corrected chi connectivity index (χ0v) is 11.8. The molecule has 0 aromatic rings. The lowest BCUT2D eigenvalue weighted by Gasteiger charge is -2.38. The van der Waals surface area contributed by atoms with Gasteiger partial charge >= 0.3 is 6.09 Å². The molecule has 1 heterocycles. The molecule has 0 radical (unpaired) electrons. The van der Waals surface area contributed by atoms with Crippen LogP contribution in [0.15, 0.2) is 0 Å². The number of carbonyl (C=O) groups is 2. The third-order valence-corrected chi connectivity index (χ3v) is 2.88. The molecule has 1 aliphatic heterocycles. The number of imide groups is 1. The maximum absolute atomic E-state index is 12.0. The van der Waals surface area contributed by atoms with Crippen molar-refractivity contribution in [3.8, 4) is 0 Å². The molecule has 0 unspecified atom stereocenters. The smallest absolute Gasteiger partial charge is 0.417 e. The number of ether oxygens (including phenoxy) is 1. The van der Waals surface area contributed by atoms with Gasteiger partial charge < -0.3 is 9.84 Å². The first kappa shape index (κ1) is 15.0. The van der Waals surface area contributed by atoms with Gasteiger partial charge in [0.05, 0.1) is 12.5 Å². The summed E-state index contributed by atoms with van der Waals surface area (Å²) in [5.74, 6) is -0.266. The van der Waals surface area contributed by atoms with E-state index >= 15 is 0 Å². The van der Waals surface area contributed by atoms with E-state index in [0.717, 1.165) is 0 Å². The van der Waals surface area contributed by atoms with E-state index in [1.54, 1.807) is 20.8 Å². The maximum atomic E-state index is 12.0. The fourth-order valence-corrected chi connectivity index (χ4v) is 2.07. The second-order valence-corrected chi connectivity index (χ2v) is 6.15. The number of carbonyl (C=O) groups excluding carboxylic acids is 2. The average Bonchev–Trinajstić information content (AvgIpc) is 2.12. The minimum Gasteiger partial charge on any atom is -0.443 e. The monoisotopic (exact) mass is 257 g/mol. The molecular formula is C13H23NO4. The molecule has 0 spiro atoms. The van der Waals surface area contributed by atoms with E-state index in [4.69, 9.17) is 4.74 Å². The van der Waals surface area contributed by atoms with Crippen molar-refractivity contribution in [3.05, 3.63) is 0 Å².